The third kappa shape index (κ3) is 3.58. The second-order valence-corrected chi connectivity index (χ2v) is 7.15. The molecule has 2 amide bonds. The Hall–Kier alpha value is -3.48. The maximum Gasteiger partial charge on any atom is 0.322 e. The van der Waals surface area contributed by atoms with Crippen molar-refractivity contribution in [2.75, 3.05) is 6.54 Å². The minimum Gasteiger partial charge on any atom is -0.334 e. The van der Waals surface area contributed by atoms with Gasteiger partial charge in [-0.1, -0.05) is 36.3 Å². The lowest BCUT2D eigenvalue weighted by atomic mass is 9.94. The molecule has 154 valence electrons. The van der Waals surface area contributed by atoms with Crippen molar-refractivity contribution in [2.45, 2.75) is 33.2 Å². The van der Waals surface area contributed by atoms with Crippen molar-refractivity contribution >= 4 is 11.6 Å². The van der Waals surface area contributed by atoms with Crippen molar-refractivity contribution in [1.82, 2.24) is 20.4 Å². The number of hydrogen-bond donors (Lipinski definition) is 1. The Balaban J connectivity index is 1.79. The van der Waals surface area contributed by atoms with E-state index in [-0.39, 0.29) is 11.8 Å². The lowest BCUT2D eigenvalue weighted by Gasteiger charge is -2.34. The molecule has 0 spiro atoms. The maximum absolute atomic E-state index is 13.2. The highest BCUT2D eigenvalue weighted by Crippen LogP contribution is 2.37. The van der Waals surface area contributed by atoms with Gasteiger partial charge in [0.1, 0.15) is 5.82 Å². The molecule has 0 saturated carbocycles. The molecule has 3 aromatic rings. The number of nitrogens with one attached hydrogen (secondary N) is 1. The zero-order valence-corrected chi connectivity index (χ0v) is 17.1. The Morgan fingerprint density at radius 1 is 1.10 bits per heavy atom. The van der Waals surface area contributed by atoms with Gasteiger partial charge in [0, 0.05) is 17.8 Å². The second-order valence-electron chi connectivity index (χ2n) is 7.15. The normalized spacial score (nSPS) is 16.7. The number of aryl methyl sites for hydroxylation is 1. The van der Waals surface area contributed by atoms with Gasteiger partial charge in [0.2, 0.25) is 5.82 Å². The molecule has 1 atom stereocenters. The molecule has 7 heteroatoms. The topological polar surface area (TPSA) is 71.3 Å². The monoisotopic (exact) mass is 406 g/mol. The van der Waals surface area contributed by atoms with E-state index in [0.717, 1.165) is 23.3 Å². The first-order valence-electron chi connectivity index (χ1n) is 9.99. The zero-order chi connectivity index (χ0) is 21.3. The second kappa shape index (κ2) is 8.10. The summed E-state index contributed by atoms with van der Waals surface area (Å²) in [5.74, 6) is 0.366. The lowest BCUT2D eigenvalue weighted by Crippen LogP contribution is -2.45. The number of carbonyl (C=O) groups excluding carboxylic acids is 1. The highest BCUT2D eigenvalue weighted by Gasteiger charge is 2.35. The molecule has 0 saturated heterocycles. The fourth-order valence-corrected chi connectivity index (χ4v) is 3.68. The minimum atomic E-state index is -0.410. The molecule has 1 unspecified atom stereocenters. The van der Waals surface area contributed by atoms with E-state index < -0.39 is 6.04 Å². The van der Waals surface area contributed by atoms with Crippen LogP contribution < -0.4 is 5.32 Å². The number of allylic oxidation sites excluding steroid dienone is 1. The number of rotatable bonds is 5. The Bertz CT molecular complexity index is 1090. The van der Waals surface area contributed by atoms with Crippen LogP contribution in [0.3, 0.4) is 0 Å². The van der Waals surface area contributed by atoms with Gasteiger partial charge in [-0.2, -0.15) is 4.98 Å². The summed E-state index contributed by atoms with van der Waals surface area (Å²) < 4.78 is 18.8. The van der Waals surface area contributed by atoms with Crippen molar-refractivity contribution in [2.24, 2.45) is 0 Å². The number of aromatic nitrogens is 2. The molecule has 2 heterocycles. The predicted molar refractivity (Wildman–Crippen MR) is 112 cm³/mol. The first kappa shape index (κ1) is 19.8. The van der Waals surface area contributed by atoms with E-state index in [9.17, 15) is 9.18 Å². The number of benzene rings is 2. The van der Waals surface area contributed by atoms with E-state index in [1.165, 1.54) is 17.7 Å². The van der Waals surface area contributed by atoms with Crippen LogP contribution in [0.2, 0.25) is 0 Å². The van der Waals surface area contributed by atoms with Gasteiger partial charge in [0.05, 0.1) is 11.6 Å². The maximum atomic E-state index is 13.2. The van der Waals surface area contributed by atoms with Crippen molar-refractivity contribution in [3.8, 4) is 11.4 Å². The molecule has 1 aliphatic heterocycles. The highest BCUT2D eigenvalue weighted by atomic mass is 19.1. The summed E-state index contributed by atoms with van der Waals surface area (Å²) in [5.41, 5.74) is 4.32. The smallest absolute Gasteiger partial charge is 0.322 e. The van der Waals surface area contributed by atoms with Crippen LogP contribution in [-0.2, 0) is 6.42 Å². The van der Waals surface area contributed by atoms with E-state index in [4.69, 9.17) is 4.52 Å². The van der Waals surface area contributed by atoms with E-state index in [1.807, 2.05) is 26.0 Å². The third-order valence-electron chi connectivity index (χ3n) is 5.39. The van der Waals surface area contributed by atoms with Gasteiger partial charge in [0.15, 0.2) is 0 Å². The van der Waals surface area contributed by atoms with E-state index in [2.05, 4.69) is 34.5 Å². The SMILES string of the molecule is CCc1ccc(C2NC(=O)N(CC)C(C)=C2c2nc(-c3ccc(F)cc3)no2)cc1. The van der Waals surface area contributed by atoms with E-state index >= 15 is 0 Å². The molecule has 0 aliphatic carbocycles. The molecular formula is C23H23FN4O2. The quantitative estimate of drug-likeness (QED) is 0.650. The summed E-state index contributed by atoms with van der Waals surface area (Å²) in [5, 5.41) is 7.14. The van der Waals surface area contributed by atoms with Gasteiger partial charge >= 0.3 is 6.03 Å². The fraction of sp³-hybridized carbons (Fsp3) is 0.261. The summed E-state index contributed by atoms with van der Waals surface area (Å²) in [6.45, 7) is 6.41. The average molecular weight is 406 g/mol. The van der Waals surface area contributed by atoms with Crippen LogP contribution in [0, 0.1) is 5.82 Å². The molecule has 0 fully saturated rings. The Morgan fingerprint density at radius 3 is 2.43 bits per heavy atom. The van der Waals surface area contributed by atoms with E-state index in [0.29, 0.717) is 23.8 Å². The zero-order valence-electron chi connectivity index (χ0n) is 17.1. The number of urea groups is 1. The first-order valence-corrected chi connectivity index (χ1v) is 9.99. The van der Waals surface area contributed by atoms with Crippen LogP contribution in [0.1, 0.15) is 43.8 Å². The number of nitrogens with zero attached hydrogens (tertiary/aromatic N) is 3. The third-order valence-corrected chi connectivity index (χ3v) is 5.39. The number of carbonyl (C=O) groups is 1. The van der Waals surface area contributed by atoms with Gasteiger partial charge in [-0.25, -0.2) is 9.18 Å². The fourth-order valence-electron chi connectivity index (χ4n) is 3.68. The summed E-state index contributed by atoms with van der Waals surface area (Å²) >= 11 is 0. The Morgan fingerprint density at radius 2 is 1.80 bits per heavy atom. The highest BCUT2D eigenvalue weighted by molar-refractivity contribution is 5.86. The first-order chi connectivity index (χ1) is 14.5. The summed E-state index contributed by atoms with van der Waals surface area (Å²) in [7, 11) is 0. The van der Waals surface area contributed by atoms with Crippen molar-refractivity contribution in [3.05, 3.63) is 77.1 Å². The number of amides is 2. The van der Waals surface area contributed by atoms with Crippen molar-refractivity contribution in [1.29, 1.82) is 0 Å². The Labute approximate surface area is 174 Å². The number of halogens is 1. The molecule has 1 aromatic heterocycles. The molecule has 1 N–H and O–H groups in total. The van der Waals surface area contributed by atoms with Crippen LogP contribution in [0.25, 0.3) is 17.0 Å². The largest absolute Gasteiger partial charge is 0.334 e. The van der Waals surface area contributed by atoms with Gasteiger partial charge in [0.25, 0.3) is 5.89 Å². The molecule has 1 aliphatic rings. The minimum absolute atomic E-state index is 0.165. The predicted octanol–water partition coefficient (Wildman–Crippen LogP) is 4.96. The molecule has 4 rings (SSSR count). The van der Waals surface area contributed by atoms with Crippen LogP contribution in [0.15, 0.2) is 58.8 Å². The summed E-state index contributed by atoms with van der Waals surface area (Å²) in [6, 6.07) is 13.5. The van der Waals surface area contributed by atoms with Gasteiger partial charge in [-0.15, -0.1) is 0 Å². The van der Waals surface area contributed by atoms with Crippen molar-refractivity contribution < 1.29 is 13.7 Å². The average Bonchev–Trinajstić information content (AvgIpc) is 3.24. The molecule has 0 bridgehead atoms. The summed E-state index contributed by atoms with van der Waals surface area (Å²) in [4.78, 5) is 18.9. The van der Waals surface area contributed by atoms with Crippen LogP contribution >= 0.6 is 0 Å². The molecule has 2 aromatic carbocycles. The van der Waals surface area contributed by atoms with E-state index in [1.54, 1.807) is 17.0 Å². The molecule has 30 heavy (non-hydrogen) atoms. The molecular weight excluding hydrogens is 383 g/mol. The van der Waals surface area contributed by atoms with Gasteiger partial charge < -0.3 is 9.84 Å². The van der Waals surface area contributed by atoms with Gasteiger partial charge in [-0.3, -0.25) is 4.90 Å². The van der Waals surface area contributed by atoms with Crippen molar-refractivity contribution in [3.63, 3.8) is 0 Å². The van der Waals surface area contributed by atoms with Gasteiger partial charge in [-0.05, 0) is 55.7 Å². The Kier molecular flexibility index (Phi) is 5.35. The van der Waals surface area contributed by atoms with Crippen LogP contribution in [0.5, 0.6) is 0 Å². The molecule has 6 nitrogen and oxygen atoms in total. The standard InChI is InChI=1S/C23H23FN4O2/c1-4-15-6-8-16(9-7-15)20-19(14(3)28(5-2)23(29)25-20)22-26-21(27-30-22)17-10-12-18(24)13-11-17/h6-13,20H,4-5H2,1-3H3,(H,25,29). The van der Waals surface area contributed by atoms with Crippen LogP contribution in [-0.4, -0.2) is 27.6 Å². The molecule has 0 radical (unpaired) electrons. The lowest BCUT2D eigenvalue weighted by molar-refractivity contribution is 0.207. The number of hydrogen-bond acceptors (Lipinski definition) is 4. The van der Waals surface area contributed by atoms with Crippen LogP contribution in [0.4, 0.5) is 9.18 Å². The summed E-state index contributed by atoms with van der Waals surface area (Å²) in [6.07, 6.45) is 0.938.